The number of nitrogens with one attached hydrogen (secondary N) is 1. The van der Waals surface area contributed by atoms with Gasteiger partial charge in [0.2, 0.25) is 0 Å². The molecule has 1 amide bonds. The van der Waals surface area contributed by atoms with Crippen molar-refractivity contribution in [2.24, 2.45) is 0 Å². The van der Waals surface area contributed by atoms with Gasteiger partial charge in [-0.1, -0.05) is 0 Å². The summed E-state index contributed by atoms with van der Waals surface area (Å²) in [5.41, 5.74) is -0.391. The molecule has 8 heteroatoms. The first-order chi connectivity index (χ1) is 8.97. The number of thiophene rings is 1. The van der Waals surface area contributed by atoms with E-state index in [0.29, 0.717) is 5.56 Å². The molecule has 102 valence electrons. The van der Waals surface area contributed by atoms with Gasteiger partial charge in [0.05, 0.1) is 6.54 Å². The van der Waals surface area contributed by atoms with Crippen LogP contribution in [-0.2, 0) is 12.7 Å². The fourth-order valence-electron chi connectivity index (χ4n) is 1.42. The Morgan fingerprint density at radius 3 is 2.79 bits per heavy atom. The van der Waals surface area contributed by atoms with Crippen LogP contribution in [0.25, 0.3) is 0 Å². The molecule has 0 bridgehead atoms. The molecule has 0 saturated heterocycles. The predicted molar refractivity (Wildman–Crippen MR) is 63.9 cm³/mol. The van der Waals surface area contributed by atoms with Gasteiger partial charge in [0.15, 0.2) is 5.69 Å². The maximum Gasteiger partial charge on any atom is 0.435 e. The number of rotatable bonds is 4. The number of halogens is 3. The highest BCUT2D eigenvalue weighted by molar-refractivity contribution is 7.08. The van der Waals surface area contributed by atoms with Crippen molar-refractivity contribution in [2.45, 2.75) is 12.7 Å². The van der Waals surface area contributed by atoms with E-state index in [1.165, 1.54) is 17.5 Å². The summed E-state index contributed by atoms with van der Waals surface area (Å²) in [5, 5.41) is 9.47. The van der Waals surface area contributed by atoms with E-state index in [1.54, 1.807) is 16.8 Å². The van der Waals surface area contributed by atoms with Gasteiger partial charge in [-0.3, -0.25) is 9.48 Å². The second-order valence-electron chi connectivity index (χ2n) is 3.73. The van der Waals surface area contributed by atoms with E-state index in [-0.39, 0.29) is 19.0 Å². The van der Waals surface area contributed by atoms with Crippen molar-refractivity contribution in [1.82, 2.24) is 15.1 Å². The minimum Gasteiger partial charge on any atom is -0.350 e. The summed E-state index contributed by atoms with van der Waals surface area (Å²) in [6.45, 7) is 0.402. The highest BCUT2D eigenvalue weighted by Gasteiger charge is 2.33. The number of hydrogen-bond donors (Lipinski definition) is 1. The van der Waals surface area contributed by atoms with Crippen LogP contribution in [0.2, 0.25) is 0 Å². The lowest BCUT2D eigenvalue weighted by Crippen LogP contribution is -2.27. The number of aromatic nitrogens is 2. The highest BCUT2D eigenvalue weighted by atomic mass is 32.1. The maximum atomic E-state index is 12.3. The van der Waals surface area contributed by atoms with Gasteiger partial charge in [0, 0.05) is 23.7 Å². The fourth-order valence-corrected chi connectivity index (χ4v) is 2.05. The average molecular weight is 289 g/mol. The zero-order chi connectivity index (χ0) is 13.9. The largest absolute Gasteiger partial charge is 0.435 e. The quantitative estimate of drug-likeness (QED) is 0.939. The van der Waals surface area contributed by atoms with Crippen LogP contribution in [0.15, 0.2) is 29.1 Å². The predicted octanol–water partition coefficient (Wildman–Crippen LogP) is 2.39. The molecule has 0 fully saturated rings. The molecule has 4 nitrogen and oxygen atoms in total. The molecule has 0 saturated carbocycles. The van der Waals surface area contributed by atoms with Crippen LogP contribution < -0.4 is 5.32 Å². The summed E-state index contributed by atoms with van der Waals surface area (Å²) in [6.07, 6.45) is -3.20. The van der Waals surface area contributed by atoms with Crippen molar-refractivity contribution in [3.8, 4) is 0 Å². The first-order valence-electron chi connectivity index (χ1n) is 5.38. The lowest BCUT2D eigenvalue weighted by Gasteiger charge is -2.04. The first-order valence-corrected chi connectivity index (χ1v) is 6.32. The van der Waals surface area contributed by atoms with Crippen molar-refractivity contribution in [3.05, 3.63) is 40.3 Å². The Bertz CT molecular complexity index is 548. The van der Waals surface area contributed by atoms with Crippen LogP contribution in [-0.4, -0.2) is 22.2 Å². The smallest absolute Gasteiger partial charge is 0.350 e. The Morgan fingerprint density at radius 2 is 2.21 bits per heavy atom. The Morgan fingerprint density at radius 1 is 1.42 bits per heavy atom. The lowest BCUT2D eigenvalue weighted by molar-refractivity contribution is -0.141. The van der Waals surface area contributed by atoms with E-state index in [0.717, 1.165) is 10.7 Å². The third-order valence-electron chi connectivity index (χ3n) is 2.34. The van der Waals surface area contributed by atoms with Crippen LogP contribution in [0, 0.1) is 0 Å². The van der Waals surface area contributed by atoms with E-state index in [1.807, 2.05) is 0 Å². The summed E-state index contributed by atoms with van der Waals surface area (Å²) >= 11 is 1.40. The summed E-state index contributed by atoms with van der Waals surface area (Å²) in [5.74, 6) is -0.246. The number of carbonyl (C=O) groups excluding carboxylic acids is 1. The van der Waals surface area contributed by atoms with Crippen molar-refractivity contribution < 1.29 is 18.0 Å². The second kappa shape index (κ2) is 5.43. The minimum absolute atomic E-state index is 0.186. The molecule has 2 aromatic heterocycles. The molecule has 1 N–H and O–H groups in total. The molecule has 0 aliphatic heterocycles. The van der Waals surface area contributed by atoms with Gasteiger partial charge in [0.25, 0.3) is 5.91 Å². The normalized spacial score (nSPS) is 11.5. The number of alkyl halides is 3. The Hall–Kier alpha value is -1.83. The third kappa shape index (κ3) is 3.57. The lowest BCUT2D eigenvalue weighted by atomic mass is 10.3. The number of nitrogens with zero attached hydrogens (tertiary/aromatic N) is 2. The van der Waals surface area contributed by atoms with Gasteiger partial charge in [-0.2, -0.15) is 29.6 Å². The SMILES string of the molecule is O=C(NCCn1ccc(C(F)(F)F)n1)c1ccsc1. The molecule has 2 rings (SSSR count). The average Bonchev–Trinajstić information content (AvgIpc) is 2.99. The van der Waals surface area contributed by atoms with Gasteiger partial charge in [-0.25, -0.2) is 0 Å². The van der Waals surface area contributed by atoms with E-state index in [9.17, 15) is 18.0 Å². The third-order valence-corrected chi connectivity index (χ3v) is 3.02. The van der Waals surface area contributed by atoms with Crippen LogP contribution in [0.1, 0.15) is 16.1 Å². The number of amides is 1. The van der Waals surface area contributed by atoms with Gasteiger partial charge in [-0.15, -0.1) is 0 Å². The molecule has 2 aromatic rings. The minimum atomic E-state index is -4.44. The van der Waals surface area contributed by atoms with E-state index in [4.69, 9.17) is 0 Å². The molecule has 0 spiro atoms. The van der Waals surface area contributed by atoms with E-state index < -0.39 is 11.9 Å². The van der Waals surface area contributed by atoms with Crippen molar-refractivity contribution >= 4 is 17.2 Å². The zero-order valence-electron chi connectivity index (χ0n) is 9.65. The summed E-state index contributed by atoms with van der Waals surface area (Å²) < 4.78 is 38.0. The van der Waals surface area contributed by atoms with E-state index in [2.05, 4.69) is 10.4 Å². The first kappa shape index (κ1) is 13.6. The molecule has 0 aromatic carbocycles. The highest BCUT2D eigenvalue weighted by Crippen LogP contribution is 2.27. The fraction of sp³-hybridized carbons (Fsp3) is 0.273. The van der Waals surface area contributed by atoms with Crippen molar-refractivity contribution in [2.75, 3.05) is 6.54 Å². The number of carbonyl (C=O) groups is 1. The molecule has 0 unspecified atom stereocenters. The van der Waals surface area contributed by atoms with Gasteiger partial charge >= 0.3 is 6.18 Å². The van der Waals surface area contributed by atoms with Crippen LogP contribution in [0.5, 0.6) is 0 Å². The molecular weight excluding hydrogens is 279 g/mol. The molecular formula is C11H10F3N3OS. The van der Waals surface area contributed by atoms with E-state index >= 15 is 0 Å². The van der Waals surface area contributed by atoms with Gasteiger partial charge in [0.1, 0.15) is 0 Å². The van der Waals surface area contributed by atoms with Gasteiger partial charge < -0.3 is 5.32 Å². The zero-order valence-corrected chi connectivity index (χ0v) is 10.5. The standard InChI is InChI=1S/C11H10F3N3OS/c12-11(13,14)9-1-4-17(16-9)5-3-15-10(18)8-2-6-19-7-8/h1-2,4,6-7H,3,5H2,(H,15,18). The topological polar surface area (TPSA) is 46.9 Å². The monoisotopic (exact) mass is 289 g/mol. The molecule has 0 radical (unpaired) electrons. The van der Waals surface area contributed by atoms with Crippen molar-refractivity contribution in [3.63, 3.8) is 0 Å². The van der Waals surface area contributed by atoms with Crippen molar-refractivity contribution in [1.29, 1.82) is 0 Å². The van der Waals surface area contributed by atoms with Crippen LogP contribution >= 0.6 is 11.3 Å². The summed E-state index contributed by atoms with van der Waals surface area (Å²) in [4.78, 5) is 11.5. The Balaban J connectivity index is 1.83. The second-order valence-corrected chi connectivity index (χ2v) is 4.51. The summed E-state index contributed by atoms with van der Waals surface area (Å²) in [7, 11) is 0. The molecule has 0 aliphatic rings. The Labute approximate surface area is 110 Å². The van der Waals surface area contributed by atoms with Crippen LogP contribution in [0.3, 0.4) is 0 Å². The Kier molecular flexibility index (Phi) is 3.89. The number of hydrogen-bond acceptors (Lipinski definition) is 3. The van der Waals surface area contributed by atoms with Gasteiger partial charge in [-0.05, 0) is 17.5 Å². The van der Waals surface area contributed by atoms with Crippen LogP contribution in [0.4, 0.5) is 13.2 Å². The molecule has 0 aliphatic carbocycles. The molecule has 2 heterocycles. The summed E-state index contributed by atoms with van der Waals surface area (Å²) in [6, 6.07) is 2.58. The molecule has 0 atom stereocenters. The molecule has 19 heavy (non-hydrogen) atoms. The maximum absolute atomic E-state index is 12.3.